The first-order valence-corrected chi connectivity index (χ1v) is 12.0. The van der Waals surface area contributed by atoms with Crippen molar-refractivity contribution in [3.8, 4) is 0 Å². The molecule has 33 heavy (non-hydrogen) atoms. The molecule has 0 aliphatic rings. The summed E-state index contributed by atoms with van der Waals surface area (Å²) in [6.45, 7) is 6.59. The number of halogens is 2. The van der Waals surface area contributed by atoms with Gasteiger partial charge in [-0.25, -0.2) is 0 Å². The first kappa shape index (κ1) is 25.0. The second kappa shape index (κ2) is 11.0. The fraction of sp³-hybridized carbons (Fsp3) is 0.318. The van der Waals surface area contributed by atoms with Crippen molar-refractivity contribution in [2.24, 2.45) is 5.92 Å². The van der Waals surface area contributed by atoms with Crippen molar-refractivity contribution in [1.29, 1.82) is 0 Å². The van der Waals surface area contributed by atoms with E-state index in [1.165, 1.54) is 30.0 Å². The molecule has 0 bridgehead atoms. The smallest absolute Gasteiger partial charge is 0.269 e. The lowest BCUT2D eigenvalue weighted by Gasteiger charge is -2.23. The van der Waals surface area contributed by atoms with E-state index in [4.69, 9.17) is 23.2 Å². The average molecular weight is 508 g/mol. The van der Waals surface area contributed by atoms with Gasteiger partial charge in [0.1, 0.15) is 0 Å². The number of carbonyl (C=O) groups is 1. The van der Waals surface area contributed by atoms with Crippen LogP contribution in [0.2, 0.25) is 10.0 Å². The molecule has 1 atom stereocenters. The number of benzene rings is 2. The number of hydrogen-bond acceptors (Lipinski definition) is 6. The molecule has 3 aromatic rings. The Labute approximate surface area is 205 Å². The van der Waals surface area contributed by atoms with Crippen LogP contribution in [0.1, 0.15) is 48.6 Å². The maximum Gasteiger partial charge on any atom is 0.269 e. The van der Waals surface area contributed by atoms with Gasteiger partial charge in [-0.1, -0.05) is 60.9 Å². The van der Waals surface area contributed by atoms with Gasteiger partial charge in [0.2, 0.25) is 0 Å². The summed E-state index contributed by atoms with van der Waals surface area (Å²) < 4.78 is 1.96. The van der Waals surface area contributed by atoms with Crippen molar-refractivity contribution < 1.29 is 9.72 Å². The minimum Gasteiger partial charge on any atom is -0.342 e. The standard InChI is InChI=1S/C22H23Cl2N5O3S/c1-4-28-20(19(13(2)3)25-21(30)17-10-7-15(23)11-18(17)24)26-27-22(28)33-12-14-5-8-16(9-6-14)29(31)32/h5-11,13,19H,4,12H2,1-3H3,(H,25,30)/t19-/m1/s1. The fourth-order valence-electron chi connectivity index (χ4n) is 3.22. The van der Waals surface area contributed by atoms with Crippen molar-refractivity contribution >= 4 is 46.6 Å². The van der Waals surface area contributed by atoms with E-state index in [9.17, 15) is 14.9 Å². The van der Waals surface area contributed by atoms with Crippen LogP contribution in [0.4, 0.5) is 5.69 Å². The Hall–Kier alpha value is -2.62. The Kier molecular flexibility index (Phi) is 8.34. The first-order chi connectivity index (χ1) is 15.7. The third kappa shape index (κ3) is 6.04. The van der Waals surface area contributed by atoms with Gasteiger partial charge in [-0.2, -0.15) is 0 Å². The zero-order chi connectivity index (χ0) is 24.1. The predicted octanol–water partition coefficient (Wildman–Crippen LogP) is 5.93. The zero-order valence-corrected chi connectivity index (χ0v) is 20.6. The van der Waals surface area contributed by atoms with Crippen molar-refractivity contribution in [2.75, 3.05) is 0 Å². The molecule has 0 aliphatic carbocycles. The number of amides is 1. The van der Waals surface area contributed by atoms with Gasteiger partial charge in [-0.3, -0.25) is 14.9 Å². The van der Waals surface area contributed by atoms with E-state index < -0.39 is 4.92 Å². The van der Waals surface area contributed by atoms with Crippen LogP contribution >= 0.6 is 35.0 Å². The minimum atomic E-state index is -0.422. The van der Waals surface area contributed by atoms with Crippen molar-refractivity contribution in [1.82, 2.24) is 20.1 Å². The summed E-state index contributed by atoms with van der Waals surface area (Å²) in [7, 11) is 0. The molecular formula is C22H23Cl2N5O3S. The molecule has 11 heteroatoms. The van der Waals surface area contributed by atoms with E-state index in [1.54, 1.807) is 24.3 Å². The Morgan fingerprint density at radius 3 is 2.45 bits per heavy atom. The largest absolute Gasteiger partial charge is 0.342 e. The van der Waals surface area contributed by atoms with Crippen LogP contribution in [0.25, 0.3) is 0 Å². The number of carbonyl (C=O) groups excluding carboxylic acids is 1. The van der Waals surface area contributed by atoms with E-state index in [0.717, 1.165) is 5.56 Å². The topological polar surface area (TPSA) is 103 Å². The minimum absolute atomic E-state index is 0.0436. The number of nitro benzene ring substituents is 1. The molecule has 1 aromatic heterocycles. The molecule has 1 heterocycles. The lowest BCUT2D eigenvalue weighted by atomic mass is 10.0. The predicted molar refractivity (Wildman–Crippen MR) is 130 cm³/mol. The van der Waals surface area contributed by atoms with Gasteiger partial charge in [0, 0.05) is 29.5 Å². The quantitative estimate of drug-likeness (QED) is 0.218. The number of thioether (sulfide) groups is 1. The lowest BCUT2D eigenvalue weighted by molar-refractivity contribution is -0.384. The molecule has 174 valence electrons. The highest BCUT2D eigenvalue weighted by molar-refractivity contribution is 7.98. The Morgan fingerprint density at radius 1 is 1.18 bits per heavy atom. The van der Waals surface area contributed by atoms with Gasteiger partial charge in [-0.05, 0) is 36.6 Å². The van der Waals surface area contributed by atoms with Crippen molar-refractivity contribution in [3.63, 3.8) is 0 Å². The third-order valence-electron chi connectivity index (χ3n) is 4.98. The van der Waals surface area contributed by atoms with E-state index in [-0.39, 0.29) is 28.6 Å². The van der Waals surface area contributed by atoms with Crippen LogP contribution in [0, 0.1) is 16.0 Å². The molecule has 3 rings (SSSR count). The van der Waals surface area contributed by atoms with E-state index >= 15 is 0 Å². The van der Waals surface area contributed by atoms with Crippen LogP contribution < -0.4 is 5.32 Å². The zero-order valence-electron chi connectivity index (χ0n) is 18.3. The molecule has 2 aromatic carbocycles. The summed E-state index contributed by atoms with van der Waals surface area (Å²) >= 11 is 13.6. The number of hydrogen-bond donors (Lipinski definition) is 1. The van der Waals surface area contributed by atoms with Gasteiger partial charge >= 0.3 is 0 Å². The summed E-state index contributed by atoms with van der Waals surface area (Å²) in [5, 5.41) is 24.0. The Morgan fingerprint density at radius 2 is 1.88 bits per heavy atom. The van der Waals surface area contributed by atoms with Gasteiger partial charge in [0.25, 0.3) is 11.6 Å². The molecule has 0 unspecified atom stereocenters. The molecule has 0 spiro atoms. The maximum absolute atomic E-state index is 12.9. The fourth-order valence-corrected chi connectivity index (χ4v) is 4.68. The van der Waals surface area contributed by atoms with E-state index in [0.29, 0.717) is 33.9 Å². The molecule has 8 nitrogen and oxygen atoms in total. The molecule has 0 aliphatic heterocycles. The number of nitrogens with one attached hydrogen (secondary N) is 1. The van der Waals surface area contributed by atoms with Crippen molar-refractivity contribution in [2.45, 2.75) is 44.3 Å². The molecular weight excluding hydrogens is 485 g/mol. The van der Waals surface area contributed by atoms with E-state index in [2.05, 4.69) is 15.5 Å². The summed E-state index contributed by atoms with van der Waals surface area (Å²) in [6, 6.07) is 10.8. The number of rotatable bonds is 9. The monoisotopic (exact) mass is 507 g/mol. The van der Waals surface area contributed by atoms with Crippen LogP contribution in [-0.4, -0.2) is 25.6 Å². The summed E-state index contributed by atoms with van der Waals surface area (Å²) in [5.41, 5.74) is 1.32. The van der Waals surface area contributed by atoms with Crippen LogP contribution in [-0.2, 0) is 12.3 Å². The Balaban J connectivity index is 1.78. The molecule has 0 saturated carbocycles. The summed E-state index contributed by atoms with van der Waals surface area (Å²) in [4.78, 5) is 23.3. The maximum atomic E-state index is 12.9. The molecule has 0 radical (unpaired) electrons. The average Bonchev–Trinajstić information content (AvgIpc) is 3.18. The highest BCUT2D eigenvalue weighted by Crippen LogP contribution is 2.28. The number of nitrogens with zero attached hydrogens (tertiary/aromatic N) is 4. The summed E-state index contributed by atoms with van der Waals surface area (Å²) in [5.74, 6) is 0.954. The molecule has 0 fully saturated rings. The summed E-state index contributed by atoms with van der Waals surface area (Å²) in [6.07, 6.45) is 0. The van der Waals surface area contributed by atoms with E-state index in [1.807, 2.05) is 25.3 Å². The number of aromatic nitrogens is 3. The highest BCUT2D eigenvalue weighted by atomic mass is 35.5. The third-order valence-corrected chi connectivity index (χ3v) is 6.57. The first-order valence-electron chi connectivity index (χ1n) is 10.3. The van der Waals surface area contributed by atoms with Gasteiger partial charge in [-0.15, -0.1) is 10.2 Å². The normalized spacial score (nSPS) is 12.1. The van der Waals surface area contributed by atoms with Crippen LogP contribution in [0.15, 0.2) is 47.6 Å². The molecule has 1 N–H and O–H groups in total. The van der Waals surface area contributed by atoms with Gasteiger partial charge in [0.05, 0.1) is 21.6 Å². The molecule has 0 saturated heterocycles. The highest BCUT2D eigenvalue weighted by Gasteiger charge is 2.26. The Bertz CT molecular complexity index is 1150. The second-order valence-electron chi connectivity index (χ2n) is 7.62. The SMILES string of the molecule is CCn1c(SCc2ccc([N+](=O)[O-])cc2)nnc1[C@H](NC(=O)c1ccc(Cl)cc1Cl)C(C)C. The number of non-ortho nitro benzene ring substituents is 1. The van der Waals surface area contributed by atoms with Crippen LogP contribution in [0.5, 0.6) is 0 Å². The van der Waals surface area contributed by atoms with Crippen molar-refractivity contribution in [3.05, 3.63) is 79.6 Å². The van der Waals surface area contributed by atoms with Crippen LogP contribution in [0.3, 0.4) is 0 Å². The lowest BCUT2D eigenvalue weighted by Crippen LogP contribution is -2.34. The molecule has 1 amide bonds. The second-order valence-corrected chi connectivity index (χ2v) is 9.40. The van der Waals surface area contributed by atoms with Gasteiger partial charge < -0.3 is 9.88 Å². The van der Waals surface area contributed by atoms with Gasteiger partial charge in [0.15, 0.2) is 11.0 Å². The number of nitro groups is 1.